The maximum absolute atomic E-state index is 13.7. The molecule has 3 fully saturated rings. The standard InChI is InChI=1S/C30H31Cl2N3O7S/c31-23-3-1-4-24(32)25(23)27-26(28(42-33-27)17-5-6-17)30(38)41-22-15-20-11-12-21(16-22)35(20)19-9-7-18(8-10-19)29(37)34-43(39,40)14-2-13-36/h1,3-4,7-10,17,20-22,36H,2,5-6,11-16H2,(H,34,37)/t20-,21+,22-. The first-order valence-corrected chi connectivity index (χ1v) is 16.7. The number of nitrogens with one attached hydrogen (secondary N) is 1. The van der Waals surface area contributed by atoms with Gasteiger partial charge in [0.1, 0.15) is 17.4 Å². The zero-order valence-electron chi connectivity index (χ0n) is 23.2. The van der Waals surface area contributed by atoms with Crippen molar-refractivity contribution in [1.29, 1.82) is 0 Å². The summed E-state index contributed by atoms with van der Waals surface area (Å²) in [6.07, 6.45) is 4.72. The van der Waals surface area contributed by atoms with E-state index >= 15 is 0 Å². The van der Waals surface area contributed by atoms with Gasteiger partial charge in [0.15, 0.2) is 5.76 Å². The fraction of sp³-hybridized carbons (Fsp3) is 0.433. The average Bonchev–Trinajstić information content (AvgIpc) is 3.67. The van der Waals surface area contributed by atoms with Crippen LogP contribution in [0, 0.1) is 0 Å². The number of ether oxygens (including phenoxy) is 1. The molecule has 0 spiro atoms. The number of esters is 1. The lowest BCUT2D eigenvalue weighted by Crippen LogP contribution is -2.46. The van der Waals surface area contributed by atoms with Gasteiger partial charge in [-0.3, -0.25) is 4.79 Å². The number of carbonyl (C=O) groups is 2. The molecule has 3 aliphatic rings. The van der Waals surface area contributed by atoms with Crippen LogP contribution in [0.15, 0.2) is 47.0 Å². The summed E-state index contributed by atoms with van der Waals surface area (Å²) in [5, 5.41) is 13.8. The van der Waals surface area contributed by atoms with E-state index in [1.807, 2.05) is 16.9 Å². The maximum Gasteiger partial charge on any atom is 0.344 e. The summed E-state index contributed by atoms with van der Waals surface area (Å²) in [5.74, 6) is -0.897. The molecule has 0 radical (unpaired) electrons. The van der Waals surface area contributed by atoms with Gasteiger partial charge in [-0.15, -0.1) is 0 Å². The van der Waals surface area contributed by atoms with E-state index in [0.29, 0.717) is 45.5 Å². The number of carbonyl (C=O) groups excluding carboxylic acids is 2. The second-order valence-corrected chi connectivity index (χ2v) is 14.0. The molecule has 3 atom stereocenters. The number of amides is 1. The van der Waals surface area contributed by atoms with Crippen LogP contribution in [0.2, 0.25) is 10.0 Å². The van der Waals surface area contributed by atoms with Crippen molar-refractivity contribution in [3.8, 4) is 11.3 Å². The number of anilines is 1. The van der Waals surface area contributed by atoms with Gasteiger partial charge in [-0.1, -0.05) is 34.4 Å². The number of piperidine rings is 1. The Bertz CT molecular complexity index is 1610. The Labute approximate surface area is 259 Å². The number of benzene rings is 2. The Morgan fingerprint density at radius 1 is 1.02 bits per heavy atom. The van der Waals surface area contributed by atoms with Crippen molar-refractivity contribution in [2.75, 3.05) is 17.3 Å². The van der Waals surface area contributed by atoms with Gasteiger partial charge in [-0.2, -0.15) is 0 Å². The molecule has 6 rings (SSSR count). The van der Waals surface area contributed by atoms with Crippen molar-refractivity contribution in [3.05, 3.63) is 69.4 Å². The van der Waals surface area contributed by atoms with Gasteiger partial charge < -0.3 is 19.3 Å². The molecule has 2 N–H and O–H groups in total. The summed E-state index contributed by atoms with van der Waals surface area (Å²) in [6.45, 7) is -0.275. The van der Waals surface area contributed by atoms with E-state index in [2.05, 4.69) is 10.1 Å². The molecule has 13 heteroatoms. The first kappa shape index (κ1) is 29.9. The van der Waals surface area contributed by atoms with Gasteiger partial charge in [0.05, 0.1) is 15.8 Å². The van der Waals surface area contributed by atoms with E-state index in [1.54, 1.807) is 30.3 Å². The summed E-state index contributed by atoms with van der Waals surface area (Å²) >= 11 is 12.9. The number of nitrogens with zero attached hydrogens (tertiary/aromatic N) is 2. The number of hydrogen-bond acceptors (Lipinski definition) is 9. The molecule has 1 aromatic heterocycles. The van der Waals surface area contributed by atoms with Crippen LogP contribution >= 0.6 is 23.2 Å². The minimum absolute atomic E-state index is 0.0487. The Morgan fingerprint density at radius 2 is 1.67 bits per heavy atom. The van der Waals surface area contributed by atoms with Crippen LogP contribution < -0.4 is 9.62 Å². The molecule has 1 amide bonds. The van der Waals surface area contributed by atoms with E-state index < -0.39 is 21.9 Å². The third-order valence-corrected chi connectivity index (χ3v) is 10.2. The normalized spacial score (nSPS) is 21.6. The van der Waals surface area contributed by atoms with Gasteiger partial charge in [0, 0.05) is 54.3 Å². The number of aliphatic hydroxyl groups excluding tert-OH is 1. The molecular weight excluding hydrogens is 617 g/mol. The van der Waals surface area contributed by atoms with Crippen LogP contribution in [0.4, 0.5) is 5.69 Å². The summed E-state index contributed by atoms with van der Waals surface area (Å²) < 4.78 is 37.9. The topological polar surface area (TPSA) is 139 Å². The lowest BCUT2D eigenvalue weighted by atomic mass is 9.98. The van der Waals surface area contributed by atoms with Crippen molar-refractivity contribution < 1.29 is 32.4 Å². The maximum atomic E-state index is 13.7. The van der Waals surface area contributed by atoms with Crippen LogP contribution in [0.5, 0.6) is 0 Å². The van der Waals surface area contributed by atoms with Crippen molar-refractivity contribution in [3.63, 3.8) is 0 Å². The van der Waals surface area contributed by atoms with Gasteiger partial charge in [0.25, 0.3) is 5.91 Å². The molecule has 3 aromatic rings. The third-order valence-electron chi connectivity index (χ3n) is 8.28. The average molecular weight is 649 g/mol. The Balaban J connectivity index is 1.15. The molecule has 1 saturated carbocycles. The monoisotopic (exact) mass is 647 g/mol. The van der Waals surface area contributed by atoms with Crippen LogP contribution in [-0.4, -0.2) is 61.1 Å². The van der Waals surface area contributed by atoms with Crippen molar-refractivity contribution in [1.82, 2.24) is 9.88 Å². The number of rotatable bonds is 10. The second-order valence-electron chi connectivity index (χ2n) is 11.3. The molecule has 10 nitrogen and oxygen atoms in total. The zero-order valence-corrected chi connectivity index (χ0v) is 25.5. The number of halogens is 2. The Morgan fingerprint density at radius 3 is 2.28 bits per heavy atom. The fourth-order valence-corrected chi connectivity index (χ4v) is 7.75. The first-order chi connectivity index (χ1) is 20.6. The Kier molecular flexibility index (Phi) is 8.43. The predicted octanol–water partition coefficient (Wildman–Crippen LogP) is 5.32. The van der Waals surface area contributed by atoms with Crippen molar-refractivity contribution >= 4 is 50.8 Å². The van der Waals surface area contributed by atoms with Crippen LogP contribution in [0.1, 0.15) is 77.3 Å². The minimum atomic E-state index is -3.82. The largest absolute Gasteiger partial charge is 0.458 e. The summed E-state index contributed by atoms with van der Waals surface area (Å²) in [5.41, 5.74) is 2.18. The van der Waals surface area contributed by atoms with Gasteiger partial charge in [-0.05, 0) is 68.5 Å². The van der Waals surface area contributed by atoms with Crippen molar-refractivity contribution in [2.24, 2.45) is 0 Å². The molecule has 2 aromatic carbocycles. The van der Waals surface area contributed by atoms with E-state index in [1.165, 1.54) is 0 Å². The highest BCUT2D eigenvalue weighted by atomic mass is 35.5. The second kappa shape index (κ2) is 12.1. The minimum Gasteiger partial charge on any atom is -0.458 e. The molecule has 1 aliphatic carbocycles. The molecule has 0 unspecified atom stereocenters. The van der Waals surface area contributed by atoms with Gasteiger partial charge in [-0.25, -0.2) is 17.9 Å². The fourth-order valence-electron chi connectivity index (χ4n) is 6.16. The highest BCUT2D eigenvalue weighted by molar-refractivity contribution is 7.90. The Hall–Kier alpha value is -3.12. The molecular formula is C30H31Cl2N3O7S. The molecule has 3 heterocycles. The summed E-state index contributed by atoms with van der Waals surface area (Å²) in [4.78, 5) is 28.4. The predicted molar refractivity (Wildman–Crippen MR) is 161 cm³/mol. The van der Waals surface area contributed by atoms with Gasteiger partial charge in [0.2, 0.25) is 10.0 Å². The van der Waals surface area contributed by atoms with Crippen molar-refractivity contribution in [2.45, 2.75) is 69.1 Å². The van der Waals surface area contributed by atoms with E-state index in [9.17, 15) is 18.0 Å². The molecule has 2 aliphatic heterocycles. The molecule has 228 valence electrons. The number of aliphatic hydroxyl groups is 1. The highest BCUT2D eigenvalue weighted by Gasteiger charge is 2.44. The molecule has 2 bridgehead atoms. The van der Waals surface area contributed by atoms with Crippen LogP contribution in [-0.2, 0) is 14.8 Å². The van der Waals surface area contributed by atoms with E-state index in [-0.39, 0.29) is 48.4 Å². The number of fused-ring (bicyclic) bond motifs is 2. The number of sulfonamides is 1. The number of aromatic nitrogens is 1. The van der Waals surface area contributed by atoms with Crippen LogP contribution in [0.3, 0.4) is 0 Å². The SMILES string of the molecule is O=C(NS(=O)(=O)CCCO)c1ccc(N2[C@@H]3CC[C@H]2C[C@H](OC(=O)c2c(-c4c(Cl)cccc4Cl)noc2C2CC2)C3)cc1. The quantitative estimate of drug-likeness (QED) is 0.280. The number of hydrogen-bond donors (Lipinski definition) is 2. The third kappa shape index (κ3) is 6.26. The smallest absolute Gasteiger partial charge is 0.344 e. The van der Waals surface area contributed by atoms with Gasteiger partial charge >= 0.3 is 5.97 Å². The lowest BCUT2D eigenvalue weighted by molar-refractivity contribution is 0.0202. The van der Waals surface area contributed by atoms with E-state index in [0.717, 1.165) is 31.4 Å². The lowest BCUT2D eigenvalue weighted by Gasteiger charge is -2.40. The highest BCUT2D eigenvalue weighted by Crippen LogP contribution is 2.47. The van der Waals surface area contributed by atoms with Crippen LogP contribution in [0.25, 0.3) is 11.3 Å². The molecule has 43 heavy (non-hydrogen) atoms. The summed E-state index contributed by atoms with van der Waals surface area (Å²) in [7, 11) is -3.82. The zero-order chi connectivity index (χ0) is 30.3. The summed E-state index contributed by atoms with van der Waals surface area (Å²) in [6, 6.07) is 12.2. The molecule has 2 saturated heterocycles. The van der Waals surface area contributed by atoms with E-state index in [4.69, 9.17) is 37.6 Å². The first-order valence-electron chi connectivity index (χ1n) is 14.3.